The summed E-state index contributed by atoms with van der Waals surface area (Å²) in [5, 5.41) is 3.39. The van der Waals surface area contributed by atoms with E-state index in [-0.39, 0.29) is 12.1 Å². The van der Waals surface area contributed by atoms with E-state index in [4.69, 9.17) is 11.6 Å². The Morgan fingerprint density at radius 3 is 2.39 bits per heavy atom. The predicted molar refractivity (Wildman–Crippen MR) is 66.0 cm³/mol. The fourth-order valence-corrected chi connectivity index (χ4v) is 2.66. The molecular formula is C12H21ClF3NO. The molecule has 1 aliphatic carbocycles. The summed E-state index contributed by atoms with van der Waals surface area (Å²) in [6.07, 6.45) is 2.05. The lowest BCUT2D eigenvalue weighted by Gasteiger charge is -2.36. The zero-order chi connectivity index (χ0) is 13.5. The van der Waals surface area contributed by atoms with Crippen LogP contribution in [-0.2, 0) is 4.74 Å². The van der Waals surface area contributed by atoms with Gasteiger partial charge in [0.1, 0.15) is 6.61 Å². The molecule has 0 aliphatic heterocycles. The quantitative estimate of drug-likeness (QED) is 0.572. The molecule has 0 aromatic heterocycles. The molecule has 0 saturated heterocycles. The van der Waals surface area contributed by atoms with Crippen LogP contribution in [0.4, 0.5) is 13.2 Å². The SMILES string of the molecule is FC(F)(F)COCCCNC1(CCl)CCCCC1. The Bertz CT molecular complexity index is 230. The lowest BCUT2D eigenvalue weighted by atomic mass is 9.83. The molecule has 0 unspecified atom stereocenters. The van der Waals surface area contributed by atoms with E-state index in [2.05, 4.69) is 10.1 Å². The highest BCUT2D eigenvalue weighted by Gasteiger charge is 2.30. The average molecular weight is 288 g/mol. The van der Waals surface area contributed by atoms with E-state index in [9.17, 15) is 13.2 Å². The van der Waals surface area contributed by atoms with Crippen molar-refractivity contribution in [1.29, 1.82) is 0 Å². The number of halogens is 4. The van der Waals surface area contributed by atoms with Gasteiger partial charge in [0.05, 0.1) is 0 Å². The Labute approximate surface area is 111 Å². The monoisotopic (exact) mass is 287 g/mol. The van der Waals surface area contributed by atoms with E-state index in [1.807, 2.05) is 0 Å². The molecule has 0 aromatic rings. The molecule has 0 spiro atoms. The van der Waals surface area contributed by atoms with Gasteiger partial charge in [-0.3, -0.25) is 0 Å². The minimum absolute atomic E-state index is 0.0101. The summed E-state index contributed by atoms with van der Waals surface area (Å²) < 4.78 is 40.0. The summed E-state index contributed by atoms with van der Waals surface area (Å²) in [5.41, 5.74) is -0.0101. The van der Waals surface area contributed by atoms with Gasteiger partial charge in [0.15, 0.2) is 0 Å². The summed E-state index contributed by atoms with van der Waals surface area (Å²) in [6.45, 7) is -0.372. The molecule has 0 heterocycles. The van der Waals surface area contributed by atoms with Crippen LogP contribution >= 0.6 is 11.6 Å². The van der Waals surface area contributed by atoms with Gasteiger partial charge in [-0.15, -0.1) is 11.6 Å². The highest BCUT2D eigenvalue weighted by Crippen LogP contribution is 2.29. The fraction of sp³-hybridized carbons (Fsp3) is 1.00. The van der Waals surface area contributed by atoms with Gasteiger partial charge in [0.2, 0.25) is 0 Å². The fourth-order valence-electron chi connectivity index (χ4n) is 2.30. The first kappa shape index (κ1) is 16.1. The van der Waals surface area contributed by atoms with Gasteiger partial charge >= 0.3 is 6.18 Å². The Kier molecular flexibility index (Phi) is 6.74. The van der Waals surface area contributed by atoms with Crippen molar-refractivity contribution >= 4 is 11.6 Å². The molecule has 6 heteroatoms. The van der Waals surface area contributed by atoms with Crippen molar-refractivity contribution in [2.75, 3.05) is 25.6 Å². The number of alkyl halides is 4. The van der Waals surface area contributed by atoms with Crippen LogP contribution in [0.3, 0.4) is 0 Å². The first-order valence-corrected chi connectivity index (χ1v) is 6.96. The van der Waals surface area contributed by atoms with Crippen molar-refractivity contribution in [3.63, 3.8) is 0 Å². The molecule has 1 fully saturated rings. The molecular weight excluding hydrogens is 267 g/mol. The summed E-state index contributed by atoms with van der Waals surface area (Å²) >= 11 is 5.99. The van der Waals surface area contributed by atoms with E-state index in [0.29, 0.717) is 18.8 Å². The molecule has 0 aromatic carbocycles. The van der Waals surface area contributed by atoms with Crippen LogP contribution in [0.25, 0.3) is 0 Å². The van der Waals surface area contributed by atoms with E-state index in [0.717, 1.165) is 12.8 Å². The summed E-state index contributed by atoms with van der Waals surface area (Å²) in [5.74, 6) is 0.566. The zero-order valence-corrected chi connectivity index (χ0v) is 11.2. The van der Waals surface area contributed by atoms with Gasteiger partial charge < -0.3 is 10.1 Å². The topological polar surface area (TPSA) is 21.3 Å². The van der Waals surface area contributed by atoms with E-state index >= 15 is 0 Å². The van der Waals surface area contributed by atoms with Gasteiger partial charge in [-0.1, -0.05) is 19.3 Å². The maximum absolute atomic E-state index is 11.8. The van der Waals surface area contributed by atoms with Crippen LogP contribution in [0.2, 0.25) is 0 Å². The van der Waals surface area contributed by atoms with Gasteiger partial charge in [-0.25, -0.2) is 0 Å². The van der Waals surface area contributed by atoms with Crippen LogP contribution in [0, 0.1) is 0 Å². The molecule has 0 radical (unpaired) electrons. The predicted octanol–water partition coefficient (Wildman–Crippen LogP) is 3.49. The lowest BCUT2D eigenvalue weighted by molar-refractivity contribution is -0.174. The highest BCUT2D eigenvalue weighted by molar-refractivity contribution is 6.18. The molecule has 1 aliphatic rings. The van der Waals surface area contributed by atoms with Crippen molar-refractivity contribution in [2.24, 2.45) is 0 Å². The molecule has 1 rings (SSSR count). The molecule has 0 amide bonds. The number of nitrogens with one attached hydrogen (secondary N) is 1. The van der Waals surface area contributed by atoms with Crippen molar-refractivity contribution < 1.29 is 17.9 Å². The standard InChI is InChI=1S/C12H21ClF3NO/c13-9-11(5-2-1-3-6-11)17-7-4-8-18-10-12(14,15)16/h17H,1-10H2. The number of rotatable bonds is 7. The third kappa shape index (κ3) is 6.25. The van der Waals surface area contributed by atoms with Crippen LogP contribution in [-0.4, -0.2) is 37.4 Å². The molecule has 0 bridgehead atoms. The van der Waals surface area contributed by atoms with Crippen LogP contribution in [0.1, 0.15) is 38.5 Å². The smallest absolute Gasteiger partial charge is 0.372 e. The largest absolute Gasteiger partial charge is 0.411 e. The molecule has 108 valence electrons. The van der Waals surface area contributed by atoms with Gasteiger partial charge in [-0.2, -0.15) is 13.2 Å². The normalized spacial score (nSPS) is 20.0. The van der Waals surface area contributed by atoms with E-state index in [1.165, 1.54) is 19.3 Å². The van der Waals surface area contributed by atoms with Crippen LogP contribution < -0.4 is 5.32 Å². The van der Waals surface area contributed by atoms with Gasteiger partial charge in [0.25, 0.3) is 0 Å². The highest BCUT2D eigenvalue weighted by atomic mass is 35.5. The minimum atomic E-state index is -4.23. The zero-order valence-electron chi connectivity index (χ0n) is 10.5. The molecule has 0 atom stereocenters. The van der Waals surface area contributed by atoms with Crippen molar-refractivity contribution in [1.82, 2.24) is 5.32 Å². The summed E-state index contributed by atoms with van der Waals surface area (Å²) in [4.78, 5) is 0. The minimum Gasteiger partial charge on any atom is -0.372 e. The number of ether oxygens (including phenoxy) is 1. The van der Waals surface area contributed by atoms with Gasteiger partial charge in [0, 0.05) is 18.0 Å². The summed E-state index contributed by atoms with van der Waals surface area (Å²) in [6, 6.07) is 0. The Morgan fingerprint density at radius 2 is 1.83 bits per heavy atom. The van der Waals surface area contributed by atoms with Crippen LogP contribution in [0.5, 0.6) is 0 Å². The maximum atomic E-state index is 11.8. The first-order chi connectivity index (χ1) is 8.47. The van der Waals surface area contributed by atoms with Crippen molar-refractivity contribution in [2.45, 2.75) is 50.2 Å². The third-order valence-corrected chi connectivity index (χ3v) is 3.81. The van der Waals surface area contributed by atoms with Crippen molar-refractivity contribution in [3.8, 4) is 0 Å². The lowest BCUT2D eigenvalue weighted by Crippen LogP contribution is -2.49. The molecule has 1 saturated carbocycles. The summed E-state index contributed by atoms with van der Waals surface area (Å²) in [7, 11) is 0. The third-order valence-electron chi connectivity index (χ3n) is 3.30. The average Bonchev–Trinajstić information content (AvgIpc) is 2.33. The molecule has 1 N–H and O–H groups in total. The second-order valence-corrected chi connectivity index (χ2v) is 5.19. The van der Waals surface area contributed by atoms with E-state index in [1.54, 1.807) is 0 Å². The number of hydrogen-bond acceptors (Lipinski definition) is 2. The second kappa shape index (κ2) is 7.56. The Morgan fingerprint density at radius 1 is 1.17 bits per heavy atom. The second-order valence-electron chi connectivity index (χ2n) is 4.92. The molecule has 18 heavy (non-hydrogen) atoms. The maximum Gasteiger partial charge on any atom is 0.411 e. The van der Waals surface area contributed by atoms with Crippen LogP contribution in [0.15, 0.2) is 0 Å². The Balaban J connectivity index is 2.09. The van der Waals surface area contributed by atoms with Crippen molar-refractivity contribution in [3.05, 3.63) is 0 Å². The molecule has 2 nitrogen and oxygen atoms in total. The first-order valence-electron chi connectivity index (χ1n) is 6.43. The number of hydrogen-bond donors (Lipinski definition) is 1. The Hall–Kier alpha value is 0. The van der Waals surface area contributed by atoms with E-state index < -0.39 is 12.8 Å². The van der Waals surface area contributed by atoms with Gasteiger partial charge in [-0.05, 0) is 25.8 Å².